The molecule has 5 nitrogen and oxygen atoms in total. The monoisotopic (exact) mass is 237 g/mol. The highest BCUT2D eigenvalue weighted by Gasteiger charge is 2.24. The van der Waals surface area contributed by atoms with Gasteiger partial charge in [-0.3, -0.25) is 9.59 Å². The van der Waals surface area contributed by atoms with E-state index < -0.39 is 5.95 Å². The summed E-state index contributed by atoms with van der Waals surface area (Å²) in [7, 11) is 0. The second-order valence-corrected chi connectivity index (χ2v) is 3.90. The Labute approximate surface area is 97.4 Å². The Morgan fingerprint density at radius 2 is 2.35 bits per heavy atom. The smallest absolute Gasteiger partial charge is 0.229 e. The summed E-state index contributed by atoms with van der Waals surface area (Å²) < 4.78 is 12.6. The normalized spacial score (nSPS) is 19.6. The van der Waals surface area contributed by atoms with Crippen LogP contribution in [-0.4, -0.2) is 23.3 Å². The van der Waals surface area contributed by atoms with Crippen molar-refractivity contribution < 1.29 is 14.0 Å². The fourth-order valence-electron chi connectivity index (χ4n) is 1.65. The van der Waals surface area contributed by atoms with Crippen LogP contribution in [0.25, 0.3) is 0 Å². The SMILES string of the molecule is O=C1CCC(C(=O)Nc2ccc(F)nc2)CN1. The molecule has 2 N–H and O–H groups in total. The molecule has 1 fully saturated rings. The van der Waals surface area contributed by atoms with Crippen LogP contribution in [0.5, 0.6) is 0 Å². The summed E-state index contributed by atoms with van der Waals surface area (Å²) in [6.45, 7) is 0.347. The summed E-state index contributed by atoms with van der Waals surface area (Å²) in [5.41, 5.74) is 0.452. The zero-order valence-corrected chi connectivity index (χ0v) is 9.07. The molecule has 6 heteroatoms. The predicted molar refractivity (Wildman–Crippen MR) is 58.6 cm³/mol. The van der Waals surface area contributed by atoms with Gasteiger partial charge >= 0.3 is 0 Å². The average Bonchev–Trinajstić information content (AvgIpc) is 2.33. The van der Waals surface area contributed by atoms with Gasteiger partial charge in [-0.2, -0.15) is 4.39 Å². The van der Waals surface area contributed by atoms with Crippen molar-refractivity contribution in [2.24, 2.45) is 5.92 Å². The van der Waals surface area contributed by atoms with Crippen LogP contribution in [0.15, 0.2) is 18.3 Å². The molecule has 90 valence electrons. The molecular formula is C11H12FN3O2. The van der Waals surface area contributed by atoms with Crippen molar-refractivity contribution >= 4 is 17.5 Å². The number of anilines is 1. The minimum atomic E-state index is -0.590. The second-order valence-electron chi connectivity index (χ2n) is 3.90. The molecule has 1 aromatic rings. The maximum absolute atomic E-state index is 12.6. The molecule has 1 atom stereocenters. The number of hydrogen-bond donors (Lipinski definition) is 2. The molecular weight excluding hydrogens is 225 g/mol. The van der Waals surface area contributed by atoms with Crippen LogP contribution >= 0.6 is 0 Å². The molecule has 2 amide bonds. The fourth-order valence-corrected chi connectivity index (χ4v) is 1.65. The van der Waals surface area contributed by atoms with Gasteiger partial charge in [-0.15, -0.1) is 0 Å². The highest BCUT2D eigenvalue weighted by molar-refractivity contribution is 5.93. The zero-order chi connectivity index (χ0) is 12.3. The van der Waals surface area contributed by atoms with Crippen molar-refractivity contribution in [2.45, 2.75) is 12.8 Å². The van der Waals surface area contributed by atoms with Gasteiger partial charge in [0.2, 0.25) is 17.8 Å². The van der Waals surface area contributed by atoms with Crippen molar-refractivity contribution in [3.05, 3.63) is 24.3 Å². The van der Waals surface area contributed by atoms with Crippen LogP contribution in [-0.2, 0) is 9.59 Å². The maximum atomic E-state index is 12.6. The minimum Gasteiger partial charge on any atom is -0.355 e. The number of nitrogens with zero attached hydrogens (tertiary/aromatic N) is 1. The zero-order valence-electron chi connectivity index (χ0n) is 9.07. The average molecular weight is 237 g/mol. The van der Waals surface area contributed by atoms with Gasteiger partial charge in [-0.25, -0.2) is 4.98 Å². The van der Waals surface area contributed by atoms with Gasteiger partial charge in [-0.1, -0.05) is 0 Å². The second kappa shape index (κ2) is 4.90. The first-order chi connectivity index (χ1) is 8.15. The lowest BCUT2D eigenvalue weighted by Gasteiger charge is -2.21. The maximum Gasteiger partial charge on any atom is 0.229 e. The molecule has 1 aliphatic heterocycles. The molecule has 1 saturated heterocycles. The number of nitrogens with one attached hydrogen (secondary N) is 2. The lowest BCUT2D eigenvalue weighted by atomic mass is 9.98. The van der Waals surface area contributed by atoms with E-state index >= 15 is 0 Å². The third-order valence-corrected chi connectivity index (χ3v) is 2.63. The number of hydrogen-bond acceptors (Lipinski definition) is 3. The van der Waals surface area contributed by atoms with Gasteiger partial charge < -0.3 is 10.6 Å². The molecule has 0 aliphatic carbocycles. The summed E-state index contributed by atoms with van der Waals surface area (Å²) in [6, 6.07) is 2.62. The van der Waals surface area contributed by atoms with E-state index in [9.17, 15) is 14.0 Å². The van der Waals surface area contributed by atoms with E-state index in [0.717, 1.165) is 0 Å². The molecule has 0 bridgehead atoms. The van der Waals surface area contributed by atoms with Gasteiger partial charge in [-0.05, 0) is 18.6 Å². The third-order valence-electron chi connectivity index (χ3n) is 2.63. The molecule has 0 saturated carbocycles. The summed E-state index contributed by atoms with van der Waals surface area (Å²) in [5, 5.41) is 5.27. The Hall–Kier alpha value is -1.98. The number of piperidine rings is 1. The molecule has 2 heterocycles. The highest BCUT2D eigenvalue weighted by Crippen LogP contribution is 2.14. The van der Waals surface area contributed by atoms with Crippen molar-refractivity contribution in [1.82, 2.24) is 10.3 Å². The number of rotatable bonds is 2. The number of aromatic nitrogens is 1. The summed E-state index contributed by atoms with van der Waals surface area (Å²) in [4.78, 5) is 26.1. The molecule has 17 heavy (non-hydrogen) atoms. The fraction of sp³-hybridized carbons (Fsp3) is 0.364. The van der Waals surface area contributed by atoms with Crippen LogP contribution in [0.3, 0.4) is 0 Å². The van der Waals surface area contributed by atoms with E-state index in [1.807, 2.05) is 0 Å². The first-order valence-corrected chi connectivity index (χ1v) is 5.34. The largest absolute Gasteiger partial charge is 0.355 e. The van der Waals surface area contributed by atoms with Crippen LogP contribution in [0.2, 0.25) is 0 Å². The van der Waals surface area contributed by atoms with E-state index in [2.05, 4.69) is 15.6 Å². The summed E-state index contributed by atoms with van der Waals surface area (Å²) >= 11 is 0. The Kier molecular flexibility index (Phi) is 3.32. The van der Waals surface area contributed by atoms with E-state index in [4.69, 9.17) is 0 Å². The molecule has 0 spiro atoms. The number of pyridine rings is 1. The minimum absolute atomic E-state index is 0.0301. The topological polar surface area (TPSA) is 71.1 Å². The third kappa shape index (κ3) is 2.99. The Balaban J connectivity index is 1.92. The van der Waals surface area contributed by atoms with Crippen LogP contribution in [0.1, 0.15) is 12.8 Å². The van der Waals surface area contributed by atoms with E-state index in [-0.39, 0.29) is 17.7 Å². The van der Waals surface area contributed by atoms with Crippen molar-refractivity contribution in [3.8, 4) is 0 Å². The van der Waals surface area contributed by atoms with E-state index in [1.165, 1.54) is 18.3 Å². The first-order valence-electron chi connectivity index (χ1n) is 5.34. The Morgan fingerprint density at radius 3 is 2.94 bits per heavy atom. The lowest BCUT2D eigenvalue weighted by Crippen LogP contribution is -2.40. The van der Waals surface area contributed by atoms with E-state index in [1.54, 1.807) is 0 Å². The van der Waals surface area contributed by atoms with Gasteiger partial charge in [0.15, 0.2) is 0 Å². The van der Waals surface area contributed by atoms with Crippen LogP contribution < -0.4 is 10.6 Å². The molecule has 1 aromatic heterocycles. The van der Waals surface area contributed by atoms with Gasteiger partial charge in [0.25, 0.3) is 0 Å². The lowest BCUT2D eigenvalue weighted by molar-refractivity contribution is -0.126. The number of amides is 2. The number of halogens is 1. The number of carbonyl (C=O) groups excluding carboxylic acids is 2. The van der Waals surface area contributed by atoms with E-state index in [0.29, 0.717) is 25.1 Å². The molecule has 0 aromatic carbocycles. The van der Waals surface area contributed by atoms with Crippen LogP contribution in [0, 0.1) is 11.9 Å². The van der Waals surface area contributed by atoms with Crippen molar-refractivity contribution in [1.29, 1.82) is 0 Å². The molecule has 2 rings (SSSR count). The summed E-state index contributed by atoms with van der Waals surface area (Å²) in [5.74, 6) is -1.04. The number of carbonyl (C=O) groups is 2. The predicted octanol–water partition coefficient (Wildman–Crippen LogP) is 0.685. The van der Waals surface area contributed by atoms with Gasteiger partial charge in [0, 0.05) is 13.0 Å². The van der Waals surface area contributed by atoms with Crippen molar-refractivity contribution in [2.75, 3.05) is 11.9 Å². The van der Waals surface area contributed by atoms with Crippen LogP contribution in [0.4, 0.5) is 10.1 Å². The Bertz CT molecular complexity index is 423. The first kappa shape index (κ1) is 11.5. The van der Waals surface area contributed by atoms with Gasteiger partial charge in [0.05, 0.1) is 17.8 Å². The molecule has 1 unspecified atom stereocenters. The van der Waals surface area contributed by atoms with Gasteiger partial charge in [0.1, 0.15) is 0 Å². The standard InChI is InChI=1S/C11H12FN3O2/c12-9-3-2-8(6-13-9)15-11(17)7-1-4-10(16)14-5-7/h2-3,6-7H,1,4-5H2,(H,14,16)(H,15,17). The molecule has 0 radical (unpaired) electrons. The Morgan fingerprint density at radius 1 is 1.53 bits per heavy atom. The summed E-state index contributed by atoms with van der Waals surface area (Å²) in [6.07, 6.45) is 2.15. The van der Waals surface area contributed by atoms with Crippen molar-refractivity contribution in [3.63, 3.8) is 0 Å². The molecule has 1 aliphatic rings. The quantitative estimate of drug-likeness (QED) is 0.743. The highest BCUT2D eigenvalue weighted by atomic mass is 19.1.